The Hall–Kier alpha value is -1.95. The van der Waals surface area contributed by atoms with Crippen LogP contribution in [0.5, 0.6) is 0 Å². The number of rotatable bonds is 3. The Morgan fingerprint density at radius 1 is 1.38 bits per heavy atom. The minimum absolute atomic E-state index is 0.108. The number of fused-ring (bicyclic) bond motifs is 1. The topological polar surface area (TPSA) is 63.6 Å². The molecule has 3 aromatic rings. The lowest BCUT2D eigenvalue weighted by Crippen LogP contribution is -2.15. The van der Waals surface area contributed by atoms with Crippen molar-refractivity contribution >= 4 is 26.8 Å². The van der Waals surface area contributed by atoms with E-state index in [1.54, 1.807) is 10.9 Å². The number of hydrogen-bond acceptors (Lipinski definition) is 3. The fraction of sp³-hybridized carbons (Fsp3) is 0.267. The third-order valence-corrected chi connectivity index (χ3v) is 3.77. The van der Waals surface area contributed by atoms with E-state index in [4.69, 9.17) is 0 Å². The third kappa shape index (κ3) is 2.90. The molecule has 6 heteroatoms. The molecule has 21 heavy (non-hydrogen) atoms. The van der Waals surface area contributed by atoms with Crippen LogP contribution in [0.2, 0.25) is 0 Å². The van der Waals surface area contributed by atoms with Gasteiger partial charge in [-0.3, -0.25) is 9.48 Å². The molecule has 108 valence electrons. The van der Waals surface area contributed by atoms with Crippen LogP contribution in [0.4, 0.5) is 0 Å². The van der Waals surface area contributed by atoms with Crippen LogP contribution >= 0.6 is 15.9 Å². The number of aromatic amines is 1. The molecule has 0 unspecified atom stereocenters. The lowest BCUT2D eigenvalue weighted by Gasteiger charge is -2.07. The molecule has 1 N–H and O–H groups in total. The number of aromatic nitrogens is 4. The summed E-state index contributed by atoms with van der Waals surface area (Å²) < 4.78 is 2.61. The molecule has 0 aliphatic heterocycles. The molecule has 2 heterocycles. The van der Waals surface area contributed by atoms with Gasteiger partial charge in [0.25, 0.3) is 5.56 Å². The van der Waals surface area contributed by atoms with Gasteiger partial charge >= 0.3 is 0 Å². The predicted octanol–water partition coefficient (Wildman–Crippen LogP) is 3.05. The number of hydrogen-bond donors (Lipinski definition) is 1. The number of nitrogens with zero attached hydrogens (tertiary/aromatic N) is 3. The van der Waals surface area contributed by atoms with Crippen molar-refractivity contribution in [2.45, 2.75) is 26.3 Å². The highest BCUT2D eigenvalue weighted by atomic mass is 79.9. The standard InChI is InChI=1S/C15H15BrN4O/c1-9(2)10-3-4-13-12(5-10)15(21)19-14(18-13)8-20-7-11(16)6-17-20/h3-7,9H,8H2,1-2H3,(H,18,19,21). The average molecular weight is 347 g/mol. The quantitative estimate of drug-likeness (QED) is 0.792. The van der Waals surface area contributed by atoms with E-state index in [2.05, 4.69) is 44.8 Å². The van der Waals surface area contributed by atoms with E-state index in [1.165, 1.54) is 0 Å². The van der Waals surface area contributed by atoms with E-state index in [1.807, 2.05) is 24.4 Å². The number of benzene rings is 1. The summed E-state index contributed by atoms with van der Waals surface area (Å²) in [5, 5.41) is 4.80. The van der Waals surface area contributed by atoms with Crippen LogP contribution in [-0.2, 0) is 6.54 Å². The second kappa shape index (κ2) is 5.44. The summed E-state index contributed by atoms with van der Waals surface area (Å²) in [5.41, 5.74) is 1.74. The van der Waals surface area contributed by atoms with Gasteiger partial charge < -0.3 is 4.98 Å². The molecule has 0 aliphatic carbocycles. The molecule has 0 atom stereocenters. The van der Waals surface area contributed by atoms with Crippen molar-refractivity contribution < 1.29 is 0 Å². The minimum atomic E-state index is -0.108. The highest BCUT2D eigenvalue weighted by Crippen LogP contribution is 2.18. The van der Waals surface area contributed by atoms with Crippen molar-refractivity contribution in [2.24, 2.45) is 0 Å². The largest absolute Gasteiger partial charge is 0.308 e. The highest BCUT2D eigenvalue weighted by molar-refractivity contribution is 9.10. The first-order chi connectivity index (χ1) is 10.0. The lowest BCUT2D eigenvalue weighted by atomic mass is 10.0. The van der Waals surface area contributed by atoms with Crippen molar-refractivity contribution in [1.82, 2.24) is 19.7 Å². The zero-order valence-electron chi connectivity index (χ0n) is 11.8. The van der Waals surface area contributed by atoms with Crippen LogP contribution in [-0.4, -0.2) is 19.7 Å². The zero-order chi connectivity index (χ0) is 15.0. The molecule has 0 saturated carbocycles. The van der Waals surface area contributed by atoms with Gasteiger partial charge in [0.2, 0.25) is 0 Å². The minimum Gasteiger partial charge on any atom is -0.308 e. The number of halogens is 1. The molecule has 0 fully saturated rings. The molecule has 3 rings (SSSR count). The molecular formula is C15H15BrN4O. The van der Waals surface area contributed by atoms with Gasteiger partial charge in [-0.15, -0.1) is 0 Å². The van der Waals surface area contributed by atoms with Gasteiger partial charge in [-0.05, 0) is 39.5 Å². The summed E-state index contributed by atoms with van der Waals surface area (Å²) in [6, 6.07) is 5.84. The Kier molecular flexibility index (Phi) is 3.63. The molecule has 0 amide bonds. The summed E-state index contributed by atoms with van der Waals surface area (Å²) in [7, 11) is 0. The predicted molar refractivity (Wildman–Crippen MR) is 85.5 cm³/mol. The first-order valence-electron chi connectivity index (χ1n) is 6.74. The number of nitrogens with one attached hydrogen (secondary N) is 1. The molecule has 0 saturated heterocycles. The normalized spacial score (nSPS) is 11.4. The van der Waals surface area contributed by atoms with Crippen LogP contribution in [0.3, 0.4) is 0 Å². The van der Waals surface area contributed by atoms with E-state index < -0.39 is 0 Å². The van der Waals surface area contributed by atoms with E-state index in [-0.39, 0.29) is 5.56 Å². The smallest absolute Gasteiger partial charge is 0.258 e. The molecule has 1 aromatic carbocycles. The lowest BCUT2D eigenvalue weighted by molar-refractivity contribution is 0.655. The van der Waals surface area contributed by atoms with Crippen LogP contribution in [0.15, 0.2) is 39.9 Å². The van der Waals surface area contributed by atoms with Crippen molar-refractivity contribution in [2.75, 3.05) is 0 Å². The SMILES string of the molecule is CC(C)c1ccc2nc(Cn3cc(Br)cn3)[nH]c(=O)c2c1. The second-order valence-corrected chi connectivity index (χ2v) is 6.22. The highest BCUT2D eigenvalue weighted by Gasteiger charge is 2.07. The zero-order valence-corrected chi connectivity index (χ0v) is 13.4. The van der Waals surface area contributed by atoms with Crippen LogP contribution in [0, 0.1) is 0 Å². The van der Waals surface area contributed by atoms with Crippen molar-refractivity contribution in [1.29, 1.82) is 0 Å². The Balaban J connectivity index is 2.03. The average Bonchev–Trinajstić information content (AvgIpc) is 2.83. The van der Waals surface area contributed by atoms with Gasteiger partial charge in [0.1, 0.15) is 5.82 Å². The Morgan fingerprint density at radius 2 is 2.19 bits per heavy atom. The first-order valence-corrected chi connectivity index (χ1v) is 7.53. The summed E-state index contributed by atoms with van der Waals surface area (Å²) in [4.78, 5) is 19.6. The Morgan fingerprint density at radius 3 is 2.86 bits per heavy atom. The van der Waals surface area contributed by atoms with Gasteiger partial charge in [-0.2, -0.15) is 5.10 Å². The fourth-order valence-electron chi connectivity index (χ4n) is 2.22. The summed E-state index contributed by atoms with van der Waals surface area (Å²) >= 11 is 3.35. The van der Waals surface area contributed by atoms with Gasteiger partial charge in [-0.1, -0.05) is 19.9 Å². The number of H-pyrrole nitrogens is 1. The van der Waals surface area contributed by atoms with E-state index in [9.17, 15) is 4.79 Å². The maximum atomic E-state index is 12.2. The second-order valence-electron chi connectivity index (χ2n) is 5.30. The van der Waals surface area contributed by atoms with Crippen molar-refractivity contribution in [3.8, 4) is 0 Å². The van der Waals surface area contributed by atoms with Gasteiger partial charge in [0.15, 0.2) is 0 Å². The summed E-state index contributed by atoms with van der Waals surface area (Å²) in [5.74, 6) is 0.982. The molecule has 0 spiro atoms. The van der Waals surface area contributed by atoms with Gasteiger partial charge in [0.05, 0.1) is 28.1 Å². The van der Waals surface area contributed by atoms with E-state index >= 15 is 0 Å². The van der Waals surface area contributed by atoms with Crippen molar-refractivity contribution in [3.63, 3.8) is 0 Å². The van der Waals surface area contributed by atoms with Crippen LogP contribution in [0.25, 0.3) is 10.9 Å². The monoisotopic (exact) mass is 346 g/mol. The molecule has 5 nitrogen and oxygen atoms in total. The maximum absolute atomic E-state index is 12.2. The van der Waals surface area contributed by atoms with Crippen LogP contribution in [0.1, 0.15) is 31.2 Å². The van der Waals surface area contributed by atoms with Crippen LogP contribution < -0.4 is 5.56 Å². The Labute approximate surface area is 130 Å². The molecular weight excluding hydrogens is 332 g/mol. The third-order valence-electron chi connectivity index (χ3n) is 3.36. The molecule has 2 aromatic heterocycles. The molecule has 0 radical (unpaired) electrons. The van der Waals surface area contributed by atoms with E-state index in [0.29, 0.717) is 29.2 Å². The molecule has 0 bridgehead atoms. The van der Waals surface area contributed by atoms with E-state index in [0.717, 1.165) is 10.0 Å². The summed E-state index contributed by atoms with van der Waals surface area (Å²) in [6.07, 6.45) is 3.54. The Bertz CT molecular complexity index is 850. The first kappa shape index (κ1) is 14.0. The fourth-order valence-corrected chi connectivity index (χ4v) is 2.54. The maximum Gasteiger partial charge on any atom is 0.258 e. The molecule has 0 aliphatic rings. The summed E-state index contributed by atoms with van der Waals surface area (Å²) in [6.45, 7) is 4.64. The van der Waals surface area contributed by atoms with Gasteiger partial charge in [-0.25, -0.2) is 4.98 Å². The van der Waals surface area contributed by atoms with Crippen molar-refractivity contribution in [3.05, 3.63) is 56.8 Å². The van der Waals surface area contributed by atoms with Gasteiger partial charge in [0, 0.05) is 6.20 Å².